The number of aliphatic imine (C=N–C) groups is 1. The molecule has 3 amide bonds. The SMILES string of the molecule is NC(COc1cccc(CN2C(=O)c3cccc(NC(=O)c4ccc(Cl)s4)c3C2=O)c1)=NC1CC1. The summed E-state index contributed by atoms with van der Waals surface area (Å²) in [6.07, 6.45) is 2.12. The third-order valence-corrected chi connectivity index (χ3v) is 6.80. The van der Waals surface area contributed by atoms with Gasteiger partial charge in [0.2, 0.25) is 0 Å². The lowest BCUT2D eigenvalue weighted by atomic mass is 10.1. The van der Waals surface area contributed by atoms with Gasteiger partial charge in [-0.3, -0.25) is 24.3 Å². The Kier molecular flexibility index (Phi) is 6.27. The quantitative estimate of drug-likeness (QED) is 0.267. The molecule has 2 heterocycles. The number of imide groups is 1. The Morgan fingerprint density at radius 1 is 1.14 bits per heavy atom. The molecule has 1 aromatic heterocycles. The summed E-state index contributed by atoms with van der Waals surface area (Å²) in [7, 11) is 0. The Labute approximate surface area is 210 Å². The number of carbonyl (C=O) groups excluding carboxylic acids is 3. The lowest BCUT2D eigenvalue weighted by Gasteiger charge is -2.15. The van der Waals surface area contributed by atoms with Crippen LogP contribution < -0.4 is 15.8 Å². The smallest absolute Gasteiger partial charge is 0.265 e. The van der Waals surface area contributed by atoms with Crippen LogP contribution in [0.1, 0.15) is 48.8 Å². The van der Waals surface area contributed by atoms with Gasteiger partial charge in [0, 0.05) is 0 Å². The molecule has 1 fully saturated rings. The maximum Gasteiger partial charge on any atom is 0.265 e. The van der Waals surface area contributed by atoms with Crippen molar-refractivity contribution in [1.29, 1.82) is 0 Å². The van der Waals surface area contributed by atoms with Crippen LogP contribution in [0.25, 0.3) is 0 Å². The maximum absolute atomic E-state index is 13.2. The van der Waals surface area contributed by atoms with Crippen LogP contribution in [0.3, 0.4) is 0 Å². The summed E-state index contributed by atoms with van der Waals surface area (Å²) in [6, 6.07) is 15.5. The zero-order chi connectivity index (χ0) is 24.5. The molecule has 0 bridgehead atoms. The fourth-order valence-electron chi connectivity index (χ4n) is 3.75. The number of nitrogens with zero attached hydrogens (tertiary/aromatic N) is 2. The molecule has 0 radical (unpaired) electrons. The van der Waals surface area contributed by atoms with E-state index in [1.54, 1.807) is 54.6 Å². The number of hydrogen-bond donors (Lipinski definition) is 2. The zero-order valence-electron chi connectivity index (χ0n) is 18.5. The van der Waals surface area contributed by atoms with Crippen LogP contribution >= 0.6 is 22.9 Å². The molecule has 0 unspecified atom stereocenters. The van der Waals surface area contributed by atoms with Gasteiger partial charge < -0.3 is 15.8 Å². The summed E-state index contributed by atoms with van der Waals surface area (Å²) in [4.78, 5) is 44.8. The highest BCUT2D eigenvalue weighted by molar-refractivity contribution is 7.18. The molecule has 1 aliphatic heterocycles. The molecule has 10 heteroatoms. The number of nitrogens with two attached hydrogens (primary N) is 1. The first-order valence-corrected chi connectivity index (χ1v) is 12.2. The Morgan fingerprint density at radius 2 is 1.94 bits per heavy atom. The summed E-state index contributed by atoms with van der Waals surface area (Å²) in [5, 5.41) is 2.73. The fraction of sp³-hybridized carbons (Fsp3) is 0.200. The highest BCUT2D eigenvalue weighted by Gasteiger charge is 2.37. The van der Waals surface area contributed by atoms with Crippen molar-refractivity contribution >= 4 is 52.2 Å². The number of hydrogen-bond acceptors (Lipinski definition) is 6. The minimum Gasteiger partial charge on any atom is -0.486 e. The molecular weight excluding hydrogens is 488 g/mol. The largest absolute Gasteiger partial charge is 0.486 e. The molecule has 35 heavy (non-hydrogen) atoms. The van der Waals surface area contributed by atoms with Gasteiger partial charge in [0.25, 0.3) is 17.7 Å². The molecule has 1 aliphatic carbocycles. The number of fused-ring (bicyclic) bond motifs is 1. The average molecular weight is 509 g/mol. The third kappa shape index (κ3) is 5.06. The standard InChI is InChI=1S/C25H21ClN4O4S/c26-20-10-9-19(35-20)23(31)29-18-6-2-5-17-22(18)25(33)30(24(17)32)12-14-3-1-4-16(11-14)34-13-21(27)28-15-7-8-15/h1-6,9-11,15H,7-8,12-13H2,(H2,27,28)(H,29,31). The summed E-state index contributed by atoms with van der Waals surface area (Å²) < 4.78 is 6.21. The van der Waals surface area contributed by atoms with E-state index in [9.17, 15) is 14.4 Å². The minimum absolute atomic E-state index is 0.0586. The Hall–Kier alpha value is -3.69. The number of amides is 3. The zero-order valence-corrected chi connectivity index (χ0v) is 20.1. The predicted octanol–water partition coefficient (Wildman–Crippen LogP) is 4.35. The summed E-state index contributed by atoms with van der Waals surface area (Å²) >= 11 is 7.05. The van der Waals surface area contributed by atoms with Gasteiger partial charge in [0.1, 0.15) is 18.2 Å². The van der Waals surface area contributed by atoms with Gasteiger partial charge in [0.05, 0.1) is 38.6 Å². The van der Waals surface area contributed by atoms with E-state index in [-0.39, 0.29) is 30.0 Å². The van der Waals surface area contributed by atoms with Crippen LogP contribution in [0.4, 0.5) is 5.69 Å². The number of amidine groups is 1. The van der Waals surface area contributed by atoms with E-state index in [1.807, 2.05) is 0 Å². The van der Waals surface area contributed by atoms with Crippen molar-refractivity contribution in [2.75, 3.05) is 11.9 Å². The lowest BCUT2D eigenvalue weighted by molar-refractivity contribution is 0.0642. The molecule has 2 aliphatic rings. The normalized spacial score (nSPS) is 15.3. The van der Waals surface area contributed by atoms with Gasteiger partial charge in [-0.2, -0.15) is 0 Å². The van der Waals surface area contributed by atoms with E-state index in [0.717, 1.165) is 29.1 Å². The van der Waals surface area contributed by atoms with E-state index >= 15 is 0 Å². The van der Waals surface area contributed by atoms with Gasteiger partial charge >= 0.3 is 0 Å². The third-order valence-electron chi connectivity index (χ3n) is 5.57. The Morgan fingerprint density at radius 3 is 2.69 bits per heavy atom. The van der Waals surface area contributed by atoms with Crippen LogP contribution in [-0.2, 0) is 6.54 Å². The number of anilines is 1. The maximum atomic E-state index is 13.2. The molecule has 178 valence electrons. The molecule has 1 saturated carbocycles. The first-order chi connectivity index (χ1) is 16.9. The number of carbonyl (C=O) groups is 3. The molecule has 2 aromatic carbocycles. The van der Waals surface area contributed by atoms with Gasteiger partial charge in [-0.25, -0.2) is 0 Å². The fourth-order valence-corrected chi connectivity index (χ4v) is 4.69. The Balaban J connectivity index is 1.30. The molecule has 0 atom stereocenters. The number of rotatable bonds is 8. The number of ether oxygens (including phenoxy) is 1. The number of nitrogens with one attached hydrogen (secondary N) is 1. The highest BCUT2D eigenvalue weighted by Crippen LogP contribution is 2.32. The highest BCUT2D eigenvalue weighted by atomic mass is 35.5. The van der Waals surface area contributed by atoms with Crippen LogP contribution in [-0.4, -0.2) is 41.1 Å². The van der Waals surface area contributed by atoms with Crippen LogP contribution in [0.5, 0.6) is 5.75 Å². The molecule has 3 N–H and O–H groups in total. The van der Waals surface area contributed by atoms with Crippen molar-refractivity contribution in [3.8, 4) is 5.75 Å². The van der Waals surface area contributed by atoms with Crippen molar-refractivity contribution in [3.05, 3.63) is 80.5 Å². The van der Waals surface area contributed by atoms with Gasteiger partial charge in [0.15, 0.2) is 0 Å². The average Bonchev–Trinajstić information content (AvgIpc) is 3.50. The molecule has 3 aromatic rings. The molecule has 0 spiro atoms. The minimum atomic E-state index is -0.475. The number of halogens is 1. The van der Waals surface area contributed by atoms with Crippen molar-refractivity contribution in [1.82, 2.24) is 4.90 Å². The Bertz CT molecular complexity index is 1370. The summed E-state index contributed by atoms with van der Waals surface area (Å²) in [5.74, 6) is -0.291. The van der Waals surface area contributed by atoms with E-state index < -0.39 is 17.7 Å². The molecule has 5 rings (SSSR count). The first-order valence-electron chi connectivity index (χ1n) is 11.0. The van der Waals surface area contributed by atoms with Crippen molar-refractivity contribution in [3.63, 3.8) is 0 Å². The molecule has 8 nitrogen and oxygen atoms in total. The number of benzene rings is 2. The summed E-state index contributed by atoms with van der Waals surface area (Å²) in [5.41, 5.74) is 7.31. The van der Waals surface area contributed by atoms with Gasteiger partial charge in [-0.15, -0.1) is 11.3 Å². The second kappa shape index (κ2) is 9.52. The monoisotopic (exact) mass is 508 g/mol. The van der Waals surface area contributed by atoms with E-state index in [4.69, 9.17) is 22.1 Å². The second-order valence-corrected chi connectivity index (χ2v) is 9.99. The van der Waals surface area contributed by atoms with Crippen molar-refractivity contribution < 1.29 is 19.1 Å². The topological polar surface area (TPSA) is 114 Å². The number of thiophene rings is 1. The summed E-state index contributed by atoms with van der Waals surface area (Å²) in [6.45, 7) is 0.231. The van der Waals surface area contributed by atoms with Crippen LogP contribution in [0.15, 0.2) is 59.6 Å². The van der Waals surface area contributed by atoms with Crippen molar-refractivity contribution in [2.45, 2.75) is 25.4 Å². The van der Waals surface area contributed by atoms with Crippen molar-refractivity contribution in [2.24, 2.45) is 10.7 Å². The van der Waals surface area contributed by atoms with Gasteiger partial charge in [-0.05, 0) is 54.8 Å². The first kappa shape index (κ1) is 23.1. The van der Waals surface area contributed by atoms with E-state index in [0.29, 0.717) is 32.4 Å². The van der Waals surface area contributed by atoms with Crippen LogP contribution in [0.2, 0.25) is 4.34 Å². The van der Waals surface area contributed by atoms with Gasteiger partial charge in [-0.1, -0.05) is 29.8 Å². The predicted molar refractivity (Wildman–Crippen MR) is 135 cm³/mol. The molecular formula is C25H21ClN4O4S. The second-order valence-electron chi connectivity index (χ2n) is 8.27. The van der Waals surface area contributed by atoms with E-state index in [2.05, 4.69) is 10.3 Å². The van der Waals surface area contributed by atoms with Crippen LogP contribution in [0, 0.1) is 0 Å². The van der Waals surface area contributed by atoms with E-state index in [1.165, 1.54) is 0 Å². The molecule has 0 saturated heterocycles. The lowest BCUT2D eigenvalue weighted by Crippen LogP contribution is -2.29.